The van der Waals surface area contributed by atoms with E-state index in [1.807, 2.05) is 6.92 Å². The molecule has 0 saturated heterocycles. The number of ether oxygens (including phenoxy) is 2. The van der Waals surface area contributed by atoms with Crippen LogP contribution in [0.2, 0.25) is 5.02 Å². The number of esters is 1. The lowest BCUT2D eigenvalue weighted by Crippen LogP contribution is -2.32. The van der Waals surface area contributed by atoms with Crippen LogP contribution >= 0.6 is 23.2 Å². The van der Waals surface area contributed by atoms with Gasteiger partial charge in [0.05, 0.1) is 18.4 Å². The SMILES string of the molecule is COc1cccc(OC(=O)c2ccc(NC3=C(Cl)C(=O)N(c4ccc(C)c(Cl)c4)C3=O)cc2)c1. The molecule has 0 radical (unpaired) electrons. The lowest BCUT2D eigenvalue weighted by Gasteiger charge is -2.16. The van der Waals surface area contributed by atoms with Gasteiger partial charge >= 0.3 is 5.97 Å². The van der Waals surface area contributed by atoms with E-state index in [0.29, 0.717) is 27.9 Å². The summed E-state index contributed by atoms with van der Waals surface area (Å²) in [5.41, 5.74) is 1.80. The van der Waals surface area contributed by atoms with Gasteiger partial charge in [-0.2, -0.15) is 0 Å². The molecule has 2 amide bonds. The van der Waals surface area contributed by atoms with Gasteiger partial charge in [0.25, 0.3) is 11.8 Å². The van der Waals surface area contributed by atoms with Gasteiger partial charge in [0.15, 0.2) is 0 Å². The van der Waals surface area contributed by atoms with Crippen molar-refractivity contribution in [3.63, 3.8) is 0 Å². The predicted octanol–water partition coefficient (Wildman–Crippen LogP) is 5.31. The van der Waals surface area contributed by atoms with Gasteiger partial charge in [-0.15, -0.1) is 0 Å². The molecule has 0 unspecified atom stereocenters. The summed E-state index contributed by atoms with van der Waals surface area (Å²) >= 11 is 12.3. The molecule has 0 bridgehead atoms. The monoisotopic (exact) mass is 496 g/mol. The van der Waals surface area contributed by atoms with Crippen LogP contribution in [-0.4, -0.2) is 24.9 Å². The van der Waals surface area contributed by atoms with E-state index in [1.54, 1.807) is 48.5 Å². The zero-order chi connectivity index (χ0) is 24.4. The summed E-state index contributed by atoms with van der Waals surface area (Å²) in [7, 11) is 1.52. The molecule has 4 rings (SSSR count). The van der Waals surface area contributed by atoms with Gasteiger partial charge in [-0.3, -0.25) is 9.59 Å². The second-order valence-corrected chi connectivity index (χ2v) is 8.12. The fourth-order valence-corrected chi connectivity index (χ4v) is 3.62. The number of nitrogens with one attached hydrogen (secondary N) is 1. The maximum Gasteiger partial charge on any atom is 0.343 e. The summed E-state index contributed by atoms with van der Waals surface area (Å²) in [5.74, 6) is -0.932. The normalized spacial score (nSPS) is 13.4. The van der Waals surface area contributed by atoms with Crippen molar-refractivity contribution in [2.45, 2.75) is 6.92 Å². The summed E-state index contributed by atoms with van der Waals surface area (Å²) in [5, 5.41) is 3.04. The quantitative estimate of drug-likeness (QED) is 0.282. The highest BCUT2D eigenvalue weighted by atomic mass is 35.5. The van der Waals surface area contributed by atoms with E-state index >= 15 is 0 Å². The summed E-state index contributed by atoms with van der Waals surface area (Å²) in [6.07, 6.45) is 0. The lowest BCUT2D eigenvalue weighted by molar-refractivity contribution is -0.120. The average Bonchev–Trinajstić information content (AvgIpc) is 3.04. The number of hydrogen-bond acceptors (Lipinski definition) is 6. The highest BCUT2D eigenvalue weighted by Gasteiger charge is 2.39. The molecule has 0 spiro atoms. The first-order valence-electron chi connectivity index (χ1n) is 10.1. The Bertz CT molecular complexity index is 1340. The second-order valence-electron chi connectivity index (χ2n) is 7.34. The third-order valence-electron chi connectivity index (χ3n) is 5.08. The van der Waals surface area contributed by atoms with Crippen LogP contribution in [-0.2, 0) is 9.59 Å². The number of rotatable bonds is 6. The molecule has 0 fully saturated rings. The molecule has 1 aliphatic rings. The van der Waals surface area contributed by atoms with Crippen molar-refractivity contribution in [1.82, 2.24) is 0 Å². The number of halogens is 2. The minimum Gasteiger partial charge on any atom is -0.497 e. The van der Waals surface area contributed by atoms with Crippen LogP contribution in [0.25, 0.3) is 0 Å². The largest absolute Gasteiger partial charge is 0.497 e. The molecule has 0 atom stereocenters. The summed E-state index contributed by atoms with van der Waals surface area (Å²) < 4.78 is 10.5. The summed E-state index contributed by atoms with van der Waals surface area (Å²) in [4.78, 5) is 39.0. The Morgan fingerprint density at radius 2 is 1.62 bits per heavy atom. The Kier molecular flexibility index (Phi) is 6.58. The number of carbonyl (C=O) groups is 3. The number of imide groups is 1. The molecular weight excluding hydrogens is 479 g/mol. The highest BCUT2D eigenvalue weighted by molar-refractivity contribution is 6.53. The topological polar surface area (TPSA) is 84.9 Å². The van der Waals surface area contributed by atoms with E-state index in [2.05, 4.69) is 5.32 Å². The van der Waals surface area contributed by atoms with Crippen LogP contribution < -0.4 is 19.7 Å². The smallest absolute Gasteiger partial charge is 0.343 e. The number of anilines is 2. The van der Waals surface area contributed by atoms with E-state index in [-0.39, 0.29) is 16.3 Å². The number of hydrogen-bond donors (Lipinski definition) is 1. The molecule has 0 aliphatic carbocycles. The van der Waals surface area contributed by atoms with Crippen molar-refractivity contribution in [3.8, 4) is 11.5 Å². The van der Waals surface area contributed by atoms with Crippen LogP contribution in [0, 0.1) is 6.92 Å². The predicted molar refractivity (Wildman–Crippen MR) is 130 cm³/mol. The molecule has 172 valence electrons. The van der Waals surface area contributed by atoms with Crippen LogP contribution in [0.5, 0.6) is 11.5 Å². The van der Waals surface area contributed by atoms with Gasteiger partial charge in [0.1, 0.15) is 22.2 Å². The van der Waals surface area contributed by atoms with Crippen molar-refractivity contribution in [3.05, 3.63) is 93.6 Å². The Morgan fingerprint density at radius 1 is 0.912 bits per heavy atom. The van der Waals surface area contributed by atoms with Gasteiger partial charge < -0.3 is 14.8 Å². The van der Waals surface area contributed by atoms with Gasteiger partial charge in [0, 0.05) is 16.8 Å². The zero-order valence-electron chi connectivity index (χ0n) is 18.1. The molecule has 3 aromatic carbocycles. The first-order chi connectivity index (χ1) is 16.3. The molecule has 0 aromatic heterocycles. The average molecular weight is 497 g/mol. The van der Waals surface area contributed by atoms with Crippen molar-refractivity contribution in [2.24, 2.45) is 0 Å². The van der Waals surface area contributed by atoms with Crippen molar-refractivity contribution in [1.29, 1.82) is 0 Å². The standard InChI is InChI=1S/C25H18Cl2N2O5/c1-14-6-11-17(12-20(14)26)29-23(30)21(27)22(24(29)31)28-16-9-7-15(8-10-16)25(32)34-19-5-3-4-18(13-19)33-2/h3-13,28H,1-2H3. The van der Waals surface area contributed by atoms with Crippen LogP contribution in [0.4, 0.5) is 11.4 Å². The number of benzene rings is 3. The van der Waals surface area contributed by atoms with Crippen molar-refractivity contribution >= 4 is 52.4 Å². The number of nitrogens with zero attached hydrogens (tertiary/aromatic N) is 1. The third-order valence-corrected chi connectivity index (χ3v) is 5.84. The van der Waals surface area contributed by atoms with E-state index < -0.39 is 17.8 Å². The summed E-state index contributed by atoms with van der Waals surface area (Å²) in [6, 6.07) is 17.7. The number of aryl methyl sites for hydroxylation is 1. The highest BCUT2D eigenvalue weighted by Crippen LogP contribution is 2.32. The fourth-order valence-electron chi connectivity index (χ4n) is 3.23. The zero-order valence-corrected chi connectivity index (χ0v) is 19.6. The molecule has 7 nitrogen and oxygen atoms in total. The Labute approximate surface area is 205 Å². The molecule has 34 heavy (non-hydrogen) atoms. The fraction of sp³-hybridized carbons (Fsp3) is 0.0800. The Hall–Kier alpha value is -3.81. The Balaban J connectivity index is 1.48. The van der Waals surface area contributed by atoms with E-state index in [9.17, 15) is 14.4 Å². The van der Waals surface area contributed by atoms with Gasteiger partial charge in [-0.25, -0.2) is 9.69 Å². The molecule has 9 heteroatoms. The molecule has 0 saturated carbocycles. The maximum absolute atomic E-state index is 12.9. The second kappa shape index (κ2) is 9.59. The van der Waals surface area contributed by atoms with Gasteiger partial charge in [-0.1, -0.05) is 35.3 Å². The molecule has 1 N–H and O–H groups in total. The minimum atomic E-state index is -0.660. The van der Waals surface area contributed by atoms with Crippen LogP contribution in [0.1, 0.15) is 15.9 Å². The van der Waals surface area contributed by atoms with Crippen LogP contribution in [0.15, 0.2) is 77.5 Å². The van der Waals surface area contributed by atoms with Crippen molar-refractivity contribution < 1.29 is 23.9 Å². The molecule has 1 aliphatic heterocycles. The minimum absolute atomic E-state index is 0.0740. The first kappa shape index (κ1) is 23.4. The Morgan fingerprint density at radius 3 is 2.29 bits per heavy atom. The molecule has 3 aromatic rings. The summed E-state index contributed by atoms with van der Waals surface area (Å²) in [6.45, 7) is 1.81. The molecule has 1 heterocycles. The van der Waals surface area contributed by atoms with Crippen molar-refractivity contribution in [2.75, 3.05) is 17.3 Å². The first-order valence-corrected chi connectivity index (χ1v) is 10.8. The van der Waals surface area contributed by atoms with Crippen LogP contribution in [0.3, 0.4) is 0 Å². The van der Waals surface area contributed by atoms with E-state index in [4.69, 9.17) is 32.7 Å². The number of amides is 2. The van der Waals surface area contributed by atoms with E-state index in [0.717, 1.165) is 10.5 Å². The maximum atomic E-state index is 12.9. The molecular formula is C25H18Cl2N2O5. The lowest BCUT2D eigenvalue weighted by atomic mass is 10.2. The number of carbonyl (C=O) groups excluding carboxylic acids is 3. The number of methoxy groups -OCH3 is 1. The van der Waals surface area contributed by atoms with Gasteiger partial charge in [0.2, 0.25) is 0 Å². The van der Waals surface area contributed by atoms with Gasteiger partial charge in [-0.05, 0) is 61.0 Å². The van der Waals surface area contributed by atoms with E-state index in [1.165, 1.54) is 25.3 Å². The third kappa shape index (κ3) is 4.62.